The maximum atomic E-state index is 10.8. The molecule has 88 valence electrons. The first-order valence-corrected chi connectivity index (χ1v) is 5.21. The molecule has 0 amide bonds. The highest BCUT2D eigenvalue weighted by molar-refractivity contribution is 5.74. The predicted molar refractivity (Wildman–Crippen MR) is 60.5 cm³/mol. The third-order valence-corrected chi connectivity index (χ3v) is 2.46. The van der Waals surface area contributed by atoms with Crippen molar-refractivity contribution in [3.05, 3.63) is 35.7 Å². The molecule has 1 atom stereocenters. The Kier molecular flexibility index (Phi) is 2.91. The van der Waals surface area contributed by atoms with Crippen molar-refractivity contribution in [2.75, 3.05) is 0 Å². The maximum absolute atomic E-state index is 10.8. The lowest BCUT2D eigenvalue weighted by Crippen LogP contribution is -2.08. The first kappa shape index (κ1) is 11.3. The number of aliphatic carboxylic acids is 1. The molecule has 1 N–H and O–H groups in total. The molecule has 1 heterocycles. The minimum atomic E-state index is -0.971. The standard InChI is InChI=1S/C12H12N2O3/c1-7-4-3-5-9(6-7)11-13-10(14-17-11)8(2)12(15)16/h3-6,8H,1-2H3,(H,15,16). The van der Waals surface area contributed by atoms with E-state index < -0.39 is 11.9 Å². The van der Waals surface area contributed by atoms with E-state index in [2.05, 4.69) is 10.1 Å². The molecule has 0 aliphatic carbocycles. The minimum Gasteiger partial charge on any atom is -0.481 e. The van der Waals surface area contributed by atoms with Crippen LogP contribution >= 0.6 is 0 Å². The molecule has 5 heteroatoms. The Hall–Kier alpha value is -2.17. The lowest BCUT2D eigenvalue weighted by atomic mass is 10.1. The van der Waals surface area contributed by atoms with Gasteiger partial charge in [-0.15, -0.1) is 0 Å². The normalized spacial score (nSPS) is 12.4. The number of hydrogen-bond donors (Lipinski definition) is 1. The minimum absolute atomic E-state index is 0.189. The Bertz CT molecular complexity index is 548. The van der Waals surface area contributed by atoms with Gasteiger partial charge in [-0.2, -0.15) is 4.98 Å². The average Bonchev–Trinajstić information content (AvgIpc) is 2.77. The number of carboxylic acid groups (broad SMARTS) is 1. The van der Waals surface area contributed by atoms with Crippen LogP contribution in [0.3, 0.4) is 0 Å². The maximum Gasteiger partial charge on any atom is 0.314 e. The highest BCUT2D eigenvalue weighted by Crippen LogP contribution is 2.20. The van der Waals surface area contributed by atoms with Crippen LogP contribution in [0.25, 0.3) is 11.5 Å². The molecular weight excluding hydrogens is 220 g/mol. The van der Waals surface area contributed by atoms with E-state index in [1.807, 2.05) is 31.2 Å². The van der Waals surface area contributed by atoms with E-state index in [0.717, 1.165) is 11.1 Å². The van der Waals surface area contributed by atoms with E-state index in [-0.39, 0.29) is 5.82 Å². The summed E-state index contributed by atoms with van der Waals surface area (Å²) in [6.45, 7) is 3.48. The number of carboxylic acids is 1. The predicted octanol–water partition coefficient (Wildman–Crippen LogP) is 2.23. The molecule has 0 aliphatic heterocycles. The summed E-state index contributed by atoms with van der Waals surface area (Å²) < 4.78 is 5.05. The van der Waals surface area contributed by atoms with Crippen LogP contribution in [-0.4, -0.2) is 21.2 Å². The number of aromatic nitrogens is 2. The molecule has 1 aromatic carbocycles. The monoisotopic (exact) mass is 232 g/mol. The van der Waals surface area contributed by atoms with E-state index >= 15 is 0 Å². The molecule has 0 saturated carbocycles. The molecule has 1 unspecified atom stereocenters. The van der Waals surface area contributed by atoms with Crippen molar-refractivity contribution in [1.82, 2.24) is 10.1 Å². The second-order valence-corrected chi connectivity index (χ2v) is 3.89. The fourth-order valence-corrected chi connectivity index (χ4v) is 1.42. The number of benzene rings is 1. The Morgan fingerprint density at radius 2 is 2.24 bits per heavy atom. The lowest BCUT2D eigenvalue weighted by Gasteiger charge is -1.97. The van der Waals surface area contributed by atoms with Gasteiger partial charge in [0.1, 0.15) is 5.92 Å². The van der Waals surface area contributed by atoms with E-state index in [9.17, 15) is 4.79 Å². The Morgan fingerprint density at radius 1 is 1.47 bits per heavy atom. The highest BCUT2D eigenvalue weighted by atomic mass is 16.5. The van der Waals surface area contributed by atoms with Gasteiger partial charge in [-0.05, 0) is 26.0 Å². The third kappa shape index (κ3) is 2.33. The molecule has 2 rings (SSSR count). The summed E-state index contributed by atoms with van der Waals surface area (Å²) in [5, 5.41) is 12.5. The number of hydrogen-bond acceptors (Lipinski definition) is 4. The molecule has 0 spiro atoms. The summed E-state index contributed by atoms with van der Waals surface area (Å²) in [5.74, 6) is -1.20. The molecule has 0 fully saturated rings. The number of carbonyl (C=O) groups is 1. The smallest absolute Gasteiger partial charge is 0.314 e. The Labute approximate surface area is 98.1 Å². The van der Waals surface area contributed by atoms with Gasteiger partial charge < -0.3 is 9.63 Å². The summed E-state index contributed by atoms with van der Waals surface area (Å²) in [4.78, 5) is 14.9. The summed E-state index contributed by atoms with van der Waals surface area (Å²) in [6, 6.07) is 7.59. The number of aryl methyl sites for hydroxylation is 1. The van der Waals surface area contributed by atoms with E-state index in [1.54, 1.807) is 0 Å². The van der Waals surface area contributed by atoms with Gasteiger partial charge in [0.05, 0.1) is 0 Å². The Balaban J connectivity index is 2.33. The molecule has 0 aliphatic rings. The molecule has 0 saturated heterocycles. The van der Waals surface area contributed by atoms with Crippen molar-refractivity contribution in [2.24, 2.45) is 0 Å². The molecule has 0 radical (unpaired) electrons. The zero-order chi connectivity index (χ0) is 12.4. The van der Waals surface area contributed by atoms with Crippen molar-refractivity contribution < 1.29 is 14.4 Å². The second-order valence-electron chi connectivity index (χ2n) is 3.89. The van der Waals surface area contributed by atoms with Crippen LogP contribution in [0.15, 0.2) is 28.8 Å². The van der Waals surface area contributed by atoms with Crippen LogP contribution in [-0.2, 0) is 4.79 Å². The molecule has 1 aromatic heterocycles. The SMILES string of the molecule is Cc1cccc(-c2nc(C(C)C(=O)O)no2)c1. The fourth-order valence-electron chi connectivity index (χ4n) is 1.42. The average molecular weight is 232 g/mol. The zero-order valence-electron chi connectivity index (χ0n) is 9.54. The lowest BCUT2D eigenvalue weighted by molar-refractivity contribution is -0.138. The van der Waals surface area contributed by atoms with Crippen molar-refractivity contribution in [3.63, 3.8) is 0 Å². The van der Waals surface area contributed by atoms with Crippen LogP contribution in [0.2, 0.25) is 0 Å². The molecule has 2 aromatic rings. The van der Waals surface area contributed by atoms with Crippen LogP contribution in [0.4, 0.5) is 0 Å². The first-order valence-electron chi connectivity index (χ1n) is 5.21. The van der Waals surface area contributed by atoms with Gasteiger partial charge in [-0.3, -0.25) is 4.79 Å². The third-order valence-electron chi connectivity index (χ3n) is 2.46. The van der Waals surface area contributed by atoms with E-state index in [4.69, 9.17) is 9.63 Å². The van der Waals surface area contributed by atoms with Crippen LogP contribution in [0.1, 0.15) is 24.2 Å². The summed E-state index contributed by atoms with van der Waals surface area (Å²) >= 11 is 0. The molecule has 5 nitrogen and oxygen atoms in total. The van der Waals surface area contributed by atoms with Gasteiger partial charge in [-0.25, -0.2) is 0 Å². The highest BCUT2D eigenvalue weighted by Gasteiger charge is 2.20. The van der Waals surface area contributed by atoms with Crippen molar-refractivity contribution in [2.45, 2.75) is 19.8 Å². The zero-order valence-corrected chi connectivity index (χ0v) is 9.54. The van der Waals surface area contributed by atoms with E-state index in [0.29, 0.717) is 5.89 Å². The van der Waals surface area contributed by atoms with Gasteiger partial charge in [0, 0.05) is 5.56 Å². The largest absolute Gasteiger partial charge is 0.481 e. The quantitative estimate of drug-likeness (QED) is 0.878. The Morgan fingerprint density at radius 3 is 2.88 bits per heavy atom. The van der Waals surface area contributed by atoms with Gasteiger partial charge in [0.15, 0.2) is 5.82 Å². The van der Waals surface area contributed by atoms with E-state index in [1.165, 1.54) is 6.92 Å². The molecule has 0 bridgehead atoms. The van der Waals surface area contributed by atoms with Crippen molar-refractivity contribution >= 4 is 5.97 Å². The second kappa shape index (κ2) is 4.37. The summed E-state index contributed by atoms with van der Waals surface area (Å²) in [7, 11) is 0. The van der Waals surface area contributed by atoms with Gasteiger partial charge in [-0.1, -0.05) is 22.9 Å². The number of nitrogens with zero attached hydrogens (tertiary/aromatic N) is 2. The molecular formula is C12H12N2O3. The van der Waals surface area contributed by atoms with Crippen molar-refractivity contribution in [1.29, 1.82) is 0 Å². The fraction of sp³-hybridized carbons (Fsp3) is 0.250. The topological polar surface area (TPSA) is 76.2 Å². The first-order chi connectivity index (χ1) is 8.08. The number of rotatable bonds is 3. The van der Waals surface area contributed by atoms with Crippen LogP contribution in [0.5, 0.6) is 0 Å². The van der Waals surface area contributed by atoms with Crippen molar-refractivity contribution in [3.8, 4) is 11.5 Å². The van der Waals surface area contributed by atoms with Gasteiger partial charge in [0.25, 0.3) is 5.89 Å². The van der Waals surface area contributed by atoms with Gasteiger partial charge >= 0.3 is 5.97 Å². The summed E-state index contributed by atoms with van der Waals surface area (Å²) in [5.41, 5.74) is 1.87. The summed E-state index contributed by atoms with van der Waals surface area (Å²) in [6.07, 6.45) is 0. The van der Waals surface area contributed by atoms with Crippen LogP contribution in [0, 0.1) is 6.92 Å². The van der Waals surface area contributed by atoms with Gasteiger partial charge in [0.2, 0.25) is 0 Å². The van der Waals surface area contributed by atoms with Crippen LogP contribution < -0.4 is 0 Å². The molecule has 17 heavy (non-hydrogen) atoms.